The second-order valence-electron chi connectivity index (χ2n) is 6.14. The maximum Gasteiger partial charge on any atom is 0.223 e. The first kappa shape index (κ1) is 19.5. The zero-order chi connectivity index (χ0) is 18.2. The minimum absolute atomic E-state index is 0.0222. The Hall–Kier alpha value is -1.86. The van der Waals surface area contributed by atoms with Crippen LogP contribution in [0.5, 0.6) is 0 Å². The number of amides is 1. The van der Waals surface area contributed by atoms with Gasteiger partial charge in [-0.3, -0.25) is 9.59 Å². The van der Waals surface area contributed by atoms with Crippen LogP contribution in [0.1, 0.15) is 42.5 Å². The van der Waals surface area contributed by atoms with Crippen LogP contribution in [0.4, 0.5) is 8.78 Å². The van der Waals surface area contributed by atoms with E-state index in [9.17, 15) is 18.4 Å². The zero-order valence-electron chi connectivity index (χ0n) is 14.2. The number of piperidine rings is 1. The number of Topliss-reactive ketones (excluding diaryl/α,β-unsaturated/α-hetero) is 1. The largest absolute Gasteiger partial charge is 0.378 e. The number of likely N-dealkylation sites (tertiary alicyclic amines) is 1. The maximum absolute atomic E-state index is 13.6. The number of ketones is 1. The molecule has 0 aliphatic carbocycles. The van der Waals surface area contributed by atoms with Crippen molar-refractivity contribution in [3.63, 3.8) is 0 Å². The van der Waals surface area contributed by atoms with Crippen LogP contribution in [0.2, 0.25) is 0 Å². The lowest BCUT2D eigenvalue weighted by Gasteiger charge is -2.32. The molecule has 2 rings (SSSR count). The van der Waals surface area contributed by atoms with Crippen LogP contribution in [0, 0.1) is 11.6 Å². The summed E-state index contributed by atoms with van der Waals surface area (Å²) in [5, 5.41) is 0. The standard InChI is InChI=1S/C18H24F2N2O3/c19-13-2-3-15(16(20)12-13)17(23)4-5-18(24)22-9-6-14(7-10-22)25-11-1-8-21/h2-3,12,14H,1,4-11,21H2. The predicted molar refractivity (Wildman–Crippen MR) is 89.1 cm³/mol. The van der Waals surface area contributed by atoms with Crippen molar-refractivity contribution in [2.45, 2.75) is 38.2 Å². The Balaban J connectivity index is 1.74. The molecule has 0 radical (unpaired) electrons. The summed E-state index contributed by atoms with van der Waals surface area (Å²) in [6, 6.07) is 2.82. The van der Waals surface area contributed by atoms with Crippen LogP contribution >= 0.6 is 0 Å². The van der Waals surface area contributed by atoms with Crippen LogP contribution in [-0.4, -0.2) is 48.9 Å². The van der Waals surface area contributed by atoms with Crippen molar-refractivity contribution in [2.24, 2.45) is 5.73 Å². The fourth-order valence-electron chi connectivity index (χ4n) is 2.83. The molecule has 1 aromatic carbocycles. The second-order valence-corrected chi connectivity index (χ2v) is 6.14. The molecule has 0 saturated carbocycles. The van der Waals surface area contributed by atoms with E-state index in [0.29, 0.717) is 32.3 Å². The molecule has 0 bridgehead atoms. The molecule has 1 heterocycles. The normalized spacial score (nSPS) is 15.4. The van der Waals surface area contributed by atoms with Crippen molar-refractivity contribution < 1.29 is 23.1 Å². The van der Waals surface area contributed by atoms with E-state index in [1.54, 1.807) is 4.90 Å². The quantitative estimate of drug-likeness (QED) is 0.574. The minimum atomic E-state index is -0.895. The molecule has 1 aliphatic heterocycles. The van der Waals surface area contributed by atoms with Crippen LogP contribution in [0.25, 0.3) is 0 Å². The van der Waals surface area contributed by atoms with Crippen LogP contribution < -0.4 is 5.73 Å². The smallest absolute Gasteiger partial charge is 0.223 e. The molecule has 7 heteroatoms. The SMILES string of the molecule is NCCCOC1CCN(C(=O)CCC(=O)c2ccc(F)cc2F)CC1. The van der Waals surface area contributed by atoms with Gasteiger partial charge in [0.25, 0.3) is 0 Å². The van der Waals surface area contributed by atoms with E-state index in [1.165, 1.54) is 0 Å². The summed E-state index contributed by atoms with van der Waals surface area (Å²) >= 11 is 0. The molecule has 25 heavy (non-hydrogen) atoms. The first-order valence-corrected chi connectivity index (χ1v) is 8.59. The predicted octanol–water partition coefficient (Wildman–Crippen LogP) is 2.28. The van der Waals surface area contributed by atoms with Crippen molar-refractivity contribution in [3.8, 4) is 0 Å². The average Bonchev–Trinajstić information content (AvgIpc) is 2.60. The van der Waals surface area contributed by atoms with Crippen molar-refractivity contribution in [1.82, 2.24) is 4.90 Å². The molecule has 138 valence electrons. The van der Waals surface area contributed by atoms with E-state index in [2.05, 4.69) is 0 Å². The third-order valence-corrected chi connectivity index (χ3v) is 4.29. The average molecular weight is 354 g/mol. The zero-order valence-corrected chi connectivity index (χ0v) is 14.2. The number of hydrogen-bond acceptors (Lipinski definition) is 4. The number of nitrogens with zero attached hydrogens (tertiary/aromatic N) is 1. The third kappa shape index (κ3) is 5.86. The molecule has 0 aromatic heterocycles. The molecule has 1 aromatic rings. The Labute approximate surface area is 146 Å². The van der Waals surface area contributed by atoms with Gasteiger partial charge in [0.1, 0.15) is 11.6 Å². The molecule has 1 fully saturated rings. The highest BCUT2D eigenvalue weighted by molar-refractivity contribution is 5.98. The topological polar surface area (TPSA) is 72.6 Å². The third-order valence-electron chi connectivity index (χ3n) is 4.29. The van der Waals surface area contributed by atoms with E-state index in [4.69, 9.17) is 10.5 Å². The number of benzene rings is 1. The highest BCUT2D eigenvalue weighted by Gasteiger charge is 2.24. The summed E-state index contributed by atoms with van der Waals surface area (Å²) in [7, 11) is 0. The van der Waals surface area contributed by atoms with E-state index >= 15 is 0 Å². The molecule has 0 atom stereocenters. The molecular weight excluding hydrogens is 330 g/mol. The van der Waals surface area contributed by atoms with Gasteiger partial charge >= 0.3 is 0 Å². The number of carbonyl (C=O) groups is 2. The van der Waals surface area contributed by atoms with Crippen molar-refractivity contribution in [1.29, 1.82) is 0 Å². The van der Waals surface area contributed by atoms with Gasteiger partial charge in [-0.15, -0.1) is 0 Å². The van der Waals surface area contributed by atoms with Gasteiger partial charge in [-0.2, -0.15) is 0 Å². The van der Waals surface area contributed by atoms with Crippen molar-refractivity contribution in [3.05, 3.63) is 35.4 Å². The number of carbonyl (C=O) groups excluding carboxylic acids is 2. The molecular formula is C18H24F2N2O3. The number of rotatable bonds is 8. The lowest BCUT2D eigenvalue weighted by atomic mass is 10.0. The molecule has 1 amide bonds. The fraction of sp³-hybridized carbons (Fsp3) is 0.556. The van der Waals surface area contributed by atoms with Gasteiger partial charge in [-0.1, -0.05) is 0 Å². The summed E-state index contributed by atoms with van der Waals surface area (Å²) in [5.41, 5.74) is 5.24. The fourth-order valence-corrected chi connectivity index (χ4v) is 2.83. The first-order chi connectivity index (χ1) is 12.0. The highest BCUT2D eigenvalue weighted by atomic mass is 19.1. The second kappa shape index (κ2) is 9.58. The van der Waals surface area contributed by atoms with Crippen LogP contribution in [0.3, 0.4) is 0 Å². The van der Waals surface area contributed by atoms with E-state index in [0.717, 1.165) is 31.4 Å². The van der Waals surface area contributed by atoms with Gasteiger partial charge in [0.2, 0.25) is 5.91 Å². The Bertz CT molecular complexity index is 602. The monoisotopic (exact) mass is 354 g/mol. The first-order valence-electron chi connectivity index (χ1n) is 8.59. The van der Waals surface area contributed by atoms with E-state index < -0.39 is 17.4 Å². The number of ether oxygens (including phenoxy) is 1. The summed E-state index contributed by atoms with van der Waals surface area (Å²) in [4.78, 5) is 25.9. The summed E-state index contributed by atoms with van der Waals surface area (Å²) in [5.74, 6) is -2.25. The van der Waals surface area contributed by atoms with Gasteiger partial charge in [-0.25, -0.2) is 8.78 Å². The Kier molecular flexibility index (Phi) is 7.46. The van der Waals surface area contributed by atoms with Gasteiger partial charge in [0.15, 0.2) is 5.78 Å². The molecule has 2 N–H and O–H groups in total. The Morgan fingerprint density at radius 2 is 1.92 bits per heavy atom. The van der Waals surface area contributed by atoms with E-state index in [1.807, 2.05) is 0 Å². The number of nitrogens with two attached hydrogens (primary N) is 1. The van der Waals surface area contributed by atoms with Gasteiger partial charge in [-0.05, 0) is 37.9 Å². The summed E-state index contributed by atoms with van der Waals surface area (Å²) < 4.78 is 32.1. The molecule has 1 saturated heterocycles. The maximum atomic E-state index is 13.6. The number of hydrogen-bond donors (Lipinski definition) is 1. The lowest BCUT2D eigenvalue weighted by molar-refractivity contribution is -0.133. The molecule has 5 nitrogen and oxygen atoms in total. The lowest BCUT2D eigenvalue weighted by Crippen LogP contribution is -2.41. The van der Waals surface area contributed by atoms with E-state index in [-0.39, 0.29) is 30.4 Å². The van der Waals surface area contributed by atoms with Gasteiger partial charge in [0, 0.05) is 38.6 Å². The summed E-state index contributed by atoms with van der Waals surface area (Å²) in [6.45, 7) is 2.41. The van der Waals surface area contributed by atoms with Gasteiger partial charge in [0.05, 0.1) is 11.7 Å². The molecule has 0 spiro atoms. The van der Waals surface area contributed by atoms with Crippen molar-refractivity contribution >= 4 is 11.7 Å². The van der Waals surface area contributed by atoms with Crippen molar-refractivity contribution in [2.75, 3.05) is 26.2 Å². The number of halogens is 2. The van der Waals surface area contributed by atoms with Crippen LogP contribution in [0.15, 0.2) is 18.2 Å². The Morgan fingerprint density at radius 1 is 1.20 bits per heavy atom. The minimum Gasteiger partial charge on any atom is -0.378 e. The molecule has 1 aliphatic rings. The highest BCUT2D eigenvalue weighted by Crippen LogP contribution is 2.17. The Morgan fingerprint density at radius 3 is 2.56 bits per heavy atom. The van der Waals surface area contributed by atoms with Gasteiger partial charge < -0.3 is 15.4 Å². The summed E-state index contributed by atoms with van der Waals surface area (Å²) in [6.07, 6.45) is 2.42. The van der Waals surface area contributed by atoms with Crippen LogP contribution in [-0.2, 0) is 9.53 Å². The molecule has 0 unspecified atom stereocenters.